The van der Waals surface area contributed by atoms with Crippen LogP contribution in [0.5, 0.6) is 0 Å². The summed E-state index contributed by atoms with van der Waals surface area (Å²) in [7, 11) is 0. The highest BCUT2D eigenvalue weighted by Crippen LogP contribution is 2.17. The Labute approximate surface area is 467 Å². The molecule has 0 saturated heterocycles. The second kappa shape index (κ2) is 63.9. The van der Waals surface area contributed by atoms with Gasteiger partial charge in [-0.25, -0.2) is 0 Å². The zero-order chi connectivity index (χ0) is 54.3. The van der Waals surface area contributed by atoms with E-state index in [1.54, 1.807) is 0 Å². The summed E-state index contributed by atoms with van der Waals surface area (Å²) < 4.78 is 16.9. The van der Waals surface area contributed by atoms with Crippen molar-refractivity contribution in [3.8, 4) is 0 Å². The molecule has 0 aromatic rings. The van der Waals surface area contributed by atoms with E-state index in [4.69, 9.17) is 14.2 Å². The monoisotopic (exact) mass is 1050 g/mol. The van der Waals surface area contributed by atoms with Crippen LogP contribution in [0, 0.1) is 0 Å². The lowest BCUT2D eigenvalue weighted by atomic mass is 10.0. The molecule has 0 saturated carbocycles. The van der Waals surface area contributed by atoms with E-state index in [1.165, 1.54) is 250 Å². The van der Waals surface area contributed by atoms with E-state index in [-0.39, 0.29) is 31.1 Å². The molecule has 0 rings (SSSR count). The third-order valence-corrected chi connectivity index (χ3v) is 14.8. The summed E-state index contributed by atoms with van der Waals surface area (Å²) in [6, 6.07) is 0. The molecule has 0 amide bonds. The molecule has 0 bridgehead atoms. The van der Waals surface area contributed by atoms with E-state index in [1.807, 2.05) is 0 Å². The summed E-state index contributed by atoms with van der Waals surface area (Å²) in [5.74, 6) is -0.917. The van der Waals surface area contributed by atoms with Crippen molar-refractivity contribution in [2.24, 2.45) is 0 Å². The topological polar surface area (TPSA) is 78.9 Å². The molecule has 438 valence electrons. The Morgan fingerprint density at radius 3 is 0.813 bits per heavy atom. The van der Waals surface area contributed by atoms with Gasteiger partial charge in [-0.05, 0) is 77.0 Å². The molecular formula is C69H126O6. The molecule has 1 atom stereocenters. The highest BCUT2D eigenvalue weighted by atomic mass is 16.6. The van der Waals surface area contributed by atoms with Gasteiger partial charge in [-0.15, -0.1) is 0 Å². The van der Waals surface area contributed by atoms with Crippen molar-refractivity contribution >= 4 is 17.9 Å². The highest BCUT2D eigenvalue weighted by Gasteiger charge is 2.19. The smallest absolute Gasteiger partial charge is 0.306 e. The van der Waals surface area contributed by atoms with Gasteiger partial charge >= 0.3 is 17.9 Å². The molecule has 0 radical (unpaired) electrons. The fourth-order valence-corrected chi connectivity index (χ4v) is 9.81. The van der Waals surface area contributed by atoms with Gasteiger partial charge in [0, 0.05) is 19.3 Å². The zero-order valence-corrected chi connectivity index (χ0v) is 50.3. The van der Waals surface area contributed by atoms with Crippen LogP contribution in [-0.2, 0) is 28.6 Å². The van der Waals surface area contributed by atoms with E-state index in [2.05, 4.69) is 69.4 Å². The van der Waals surface area contributed by atoms with Gasteiger partial charge in [0.1, 0.15) is 13.2 Å². The lowest BCUT2D eigenvalue weighted by Crippen LogP contribution is -2.30. The third-order valence-electron chi connectivity index (χ3n) is 14.8. The van der Waals surface area contributed by atoms with E-state index >= 15 is 0 Å². The molecular weight excluding hydrogens is 925 g/mol. The van der Waals surface area contributed by atoms with Crippen molar-refractivity contribution in [1.29, 1.82) is 0 Å². The number of ether oxygens (including phenoxy) is 3. The largest absolute Gasteiger partial charge is 0.462 e. The van der Waals surface area contributed by atoms with Gasteiger partial charge in [0.05, 0.1) is 0 Å². The molecule has 0 spiro atoms. The number of unbranched alkanes of at least 4 members (excludes halogenated alkanes) is 42. The number of allylic oxidation sites excluding steroid dienone is 8. The molecule has 0 aliphatic heterocycles. The summed E-state index contributed by atoms with van der Waals surface area (Å²) in [6.45, 7) is 6.65. The van der Waals surface area contributed by atoms with Gasteiger partial charge in [-0.2, -0.15) is 0 Å². The predicted molar refractivity (Wildman–Crippen MR) is 325 cm³/mol. The maximum absolute atomic E-state index is 12.9. The molecule has 0 aromatic heterocycles. The van der Waals surface area contributed by atoms with Crippen molar-refractivity contribution in [2.45, 2.75) is 361 Å². The first-order chi connectivity index (χ1) is 37.0. The Balaban J connectivity index is 4.38. The number of carbonyl (C=O) groups is 3. The fourth-order valence-electron chi connectivity index (χ4n) is 9.81. The average molecular weight is 1050 g/mol. The second-order valence-corrected chi connectivity index (χ2v) is 22.4. The van der Waals surface area contributed by atoms with Crippen molar-refractivity contribution in [3.05, 3.63) is 48.6 Å². The predicted octanol–water partition coefficient (Wildman–Crippen LogP) is 22.6. The molecule has 75 heavy (non-hydrogen) atoms. The minimum absolute atomic E-state index is 0.0851. The number of carbonyl (C=O) groups excluding carboxylic acids is 3. The quantitative estimate of drug-likeness (QED) is 0.0261. The van der Waals surface area contributed by atoms with Gasteiger partial charge in [0.25, 0.3) is 0 Å². The van der Waals surface area contributed by atoms with E-state index < -0.39 is 6.10 Å². The SMILES string of the molecule is CCCCCCCC/C=C\C/C=C\C/C=C\CCCC(=O)OC[C@@H](COC(=O)CCCCCCCCCCCCC/C=C\CCCCCCCC)OC(=O)CCCCCCCCCCCCCCCCCCCCC. The Hall–Kier alpha value is -2.63. The average Bonchev–Trinajstić information content (AvgIpc) is 3.41. The third kappa shape index (κ3) is 62.1. The van der Waals surface area contributed by atoms with Crippen LogP contribution in [0.4, 0.5) is 0 Å². The van der Waals surface area contributed by atoms with Gasteiger partial charge in [-0.3, -0.25) is 14.4 Å². The summed E-state index contributed by atoms with van der Waals surface area (Å²) in [4.78, 5) is 38.3. The van der Waals surface area contributed by atoms with E-state index in [9.17, 15) is 14.4 Å². The molecule has 0 N–H and O–H groups in total. The zero-order valence-electron chi connectivity index (χ0n) is 50.3. The van der Waals surface area contributed by atoms with Gasteiger partial charge < -0.3 is 14.2 Å². The van der Waals surface area contributed by atoms with Crippen molar-refractivity contribution in [1.82, 2.24) is 0 Å². The summed E-state index contributed by atoms with van der Waals surface area (Å²) in [5.41, 5.74) is 0. The molecule has 0 heterocycles. The number of hydrogen-bond acceptors (Lipinski definition) is 6. The van der Waals surface area contributed by atoms with Gasteiger partial charge in [0.2, 0.25) is 0 Å². The molecule has 0 aliphatic carbocycles. The van der Waals surface area contributed by atoms with Gasteiger partial charge in [0.15, 0.2) is 6.10 Å². The number of rotatable bonds is 61. The Morgan fingerprint density at radius 1 is 0.267 bits per heavy atom. The van der Waals surface area contributed by atoms with Crippen LogP contribution in [0.2, 0.25) is 0 Å². The Kier molecular flexibility index (Phi) is 61.7. The molecule has 6 heteroatoms. The molecule has 6 nitrogen and oxygen atoms in total. The lowest BCUT2D eigenvalue weighted by molar-refractivity contribution is -0.167. The number of esters is 3. The van der Waals surface area contributed by atoms with Crippen molar-refractivity contribution in [3.63, 3.8) is 0 Å². The van der Waals surface area contributed by atoms with Crippen LogP contribution in [0.15, 0.2) is 48.6 Å². The maximum Gasteiger partial charge on any atom is 0.306 e. The first-order valence-electron chi connectivity index (χ1n) is 33.1. The van der Waals surface area contributed by atoms with Crippen molar-refractivity contribution in [2.75, 3.05) is 13.2 Å². The van der Waals surface area contributed by atoms with Crippen LogP contribution >= 0.6 is 0 Å². The standard InChI is InChI=1S/C69H126O6/c1-4-7-10-13-16-19-22-25-28-31-33-34-36-38-41-44-47-50-53-56-59-62-68(71)74-65-66(64-73-67(70)61-58-55-52-49-46-43-40-37-30-27-24-21-18-15-12-9-6-3)75-69(72)63-60-57-54-51-48-45-42-39-35-32-29-26-23-20-17-14-11-8-5-2/h25,27-28,30,40,43,49,52,66H,4-24,26,29,31-39,41-42,44-48,50-51,53-65H2,1-3H3/b28-25-,30-27-,43-40-,52-49-/t66-/m0/s1. The van der Waals surface area contributed by atoms with Crippen molar-refractivity contribution < 1.29 is 28.6 Å². The fraction of sp³-hybridized carbons (Fsp3) is 0.841. The first-order valence-corrected chi connectivity index (χ1v) is 33.1. The van der Waals surface area contributed by atoms with Crippen LogP contribution < -0.4 is 0 Å². The highest BCUT2D eigenvalue weighted by molar-refractivity contribution is 5.71. The normalized spacial score (nSPS) is 12.3. The minimum atomic E-state index is -0.792. The summed E-state index contributed by atoms with van der Waals surface area (Å²) >= 11 is 0. The molecule has 0 aromatic carbocycles. The van der Waals surface area contributed by atoms with Crippen LogP contribution in [0.25, 0.3) is 0 Å². The second-order valence-electron chi connectivity index (χ2n) is 22.4. The first kappa shape index (κ1) is 72.4. The summed E-state index contributed by atoms with van der Waals surface area (Å²) in [6.07, 6.45) is 79.8. The Morgan fingerprint density at radius 2 is 0.493 bits per heavy atom. The lowest BCUT2D eigenvalue weighted by Gasteiger charge is -2.18. The van der Waals surface area contributed by atoms with Crippen LogP contribution in [-0.4, -0.2) is 37.2 Å². The van der Waals surface area contributed by atoms with E-state index in [0.29, 0.717) is 25.7 Å². The van der Waals surface area contributed by atoms with Crippen LogP contribution in [0.1, 0.15) is 355 Å². The maximum atomic E-state index is 12.9. The van der Waals surface area contributed by atoms with E-state index in [0.717, 1.165) is 57.8 Å². The summed E-state index contributed by atoms with van der Waals surface area (Å²) in [5, 5.41) is 0. The molecule has 0 unspecified atom stereocenters. The minimum Gasteiger partial charge on any atom is -0.462 e. The molecule has 0 aliphatic rings. The number of hydrogen-bond donors (Lipinski definition) is 0. The molecule has 0 fully saturated rings. The van der Waals surface area contributed by atoms with Gasteiger partial charge in [-0.1, -0.05) is 307 Å². The Bertz CT molecular complexity index is 1300. The van der Waals surface area contributed by atoms with Crippen LogP contribution in [0.3, 0.4) is 0 Å².